The van der Waals surface area contributed by atoms with E-state index >= 15 is 0 Å². The maximum absolute atomic E-state index is 13.0. The first-order valence-electron chi connectivity index (χ1n) is 11.5. The number of carbonyl (C=O) groups is 2. The van der Waals surface area contributed by atoms with Crippen LogP contribution in [0.5, 0.6) is 0 Å². The molecule has 8 nitrogen and oxygen atoms in total. The highest BCUT2D eigenvalue weighted by atomic mass is 31.2. The van der Waals surface area contributed by atoms with Gasteiger partial charge in [-0.1, -0.05) is 32.9 Å². The Labute approximate surface area is 198 Å². The lowest BCUT2D eigenvalue weighted by Crippen LogP contribution is -2.42. The number of hydrogen-bond donors (Lipinski definition) is 0. The van der Waals surface area contributed by atoms with E-state index in [1.807, 2.05) is 0 Å². The molecule has 1 atom stereocenters. The van der Waals surface area contributed by atoms with E-state index < -0.39 is 27.7 Å². The van der Waals surface area contributed by atoms with Crippen molar-refractivity contribution in [3.8, 4) is 0 Å². The number of imide groups is 1. The lowest BCUT2D eigenvalue weighted by atomic mass is 10.1. The highest BCUT2D eigenvalue weighted by Gasteiger charge is 2.39. The lowest BCUT2D eigenvalue weighted by molar-refractivity contribution is -0.107. The molecule has 0 aliphatic carbocycles. The van der Waals surface area contributed by atoms with E-state index in [0.29, 0.717) is 24.2 Å². The summed E-state index contributed by atoms with van der Waals surface area (Å²) in [5.74, 6) is -1.17. The number of carbonyl (C=O) groups excluding carboxylic acids is 2. The average molecular weight is 500 g/mol. The van der Waals surface area contributed by atoms with Crippen molar-refractivity contribution in [3.05, 3.63) is 35.4 Å². The van der Waals surface area contributed by atoms with Gasteiger partial charge in [-0.3, -0.25) is 19.0 Å². The summed E-state index contributed by atoms with van der Waals surface area (Å²) in [4.78, 5) is 31.0. The fourth-order valence-corrected chi connectivity index (χ4v) is 6.01. The lowest BCUT2D eigenvalue weighted by Gasteiger charge is -2.37. The van der Waals surface area contributed by atoms with Crippen molar-refractivity contribution >= 4 is 27.7 Å². The second-order valence-electron chi connectivity index (χ2n) is 9.64. The Hall–Kier alpha value is -1.35. The second kappa shape index (κ2) is 11.4. The molecule has 0 fully saturated rings. The molecule has 1 heterocycles. The van der Waals surface area contributed by atoms with Gasteiger partial charge in [0.25, 0.3) is 11.8 Å². The highest BCUT2D eigenvalue weighted by Crippen LogP contribution is 2.49. The number of benzene rings is 1. The van der Waals surface area contributed by atoms with E-state index in [1.165, 1.54) is 0 Å². The molecule has 33 heavy (non-hydrogen) atoms. The fraction of sp³-hybridized carbons (Fsp3) is 0.652. The Bertz CT molecular complexity index is 839. The van der Waals surface area contributed by atoms with Crippen LogP contribution in [0.3, 0.4) is 0 Å². The normalized spacial score (nSPS) is 15.8. The van der Waals surface area contributed by atoms with E-state index in [4.69, 9.17) is 18.3 Å². The molecule has 0 N–H and O–H groups in total. The molecule has 10 heteroatoms. The molecule has 0 radical (unpaired) electrons. The first-order chi connectivity index (χ1) is 15.3. The Kier molecular flexibility index (Phi) is 9.62. The zero-order valence-electron chi connectivity index (χ0n) is 20.9. The van der Waals surface area contributed by atoms with Crippen molar-refractivity contribution in [2.75, 3.05) is 32.6 Å². The van der Waals surface area contributed by atoms with Crippen LogP contribution in [0.1, 0.15) is 61.8 Å². The van der Waals surface area contributed by atoms with Gasteiger partial charge in [0.05, 0.1) is 37.1 Å². The van der Waals surface area contributed by atoms with Crippen LogP contribution >= 0.6 is 7.60 Å². The van der Waals surface area contributed by atoms with Gasteiger partial charge in [-0.05, 0) is 50.5 Å². The summed E-state index contributed by atoms with van der Waals surface area (Å²) < 4.78 is 30.2. The largest absolute Gasteiger partial charge is 0.416 e. The predicted octanol–water partition coefficient (Wildman–Crippen LogP) is 5.51. The van der Waals surface area contributed by atoms with E-state index in [-0.39, 0.29) is 36.9 Å². The van der Waals surface area contributed by atoms with Gasteiger partial charge in [-0.15, -0.1) is 5.06 Å². The van der Waals surface area contributed by atoms with Crippen molar-refractivity contribution in [2.24, 2.45) is 5.92 Å². The minimum atomic E-state index is -3.24. The Morgan fingerprint density at radius 3 is 1.94 bits per heavy atom. The van der Waals surface area contributed by atoms with Crippen molar-refractivity contribution in [1.82, 2.24) is 5.06 Å². The van der Waals surface area contributed by atoms with Crippen LogP contribution in [0.25, 0.3) is 0 Å². The molecule has 186 valence electrons. The molecule has 1 aromatic carbocycles. The smallest absolute Gasteiger partial charge is 0.330 e. The van der Waals surface area contributed by atoms with Gasteiger partial charge in [-0.25, -0.2) is 0 Å². The maximum Gasteiger partial charge on any atom is 0.330 e. The molecule has 1 aliphatic heterocycles. The Morgan fingerprint density at radius 1 is 0.970 bits per heavy atom. The molecule has 0 aromatic heterocycles. The summed E-state index contributed by atoms with van der Waals surface area (Å²) in [6, 6.07) is 6.64. The summed E-state index contributed by atoms with van der Waals surface area (Å²) in [6.07, 6.45) is 0.640. The monoisotopic (exact) mass is 499 g/mol. The molecule has 0 spiro atoms. The molecular weight excluding hydrogens is 461 g/mol. The van der Waals surface area contributed by atoms with Gasteiger partial charge in [0, 0.05) is 12.5 Å². The Morgan fingerprint density at radius 2 is 1.48 bits per heavy atom. The maximum atomic E-state index is 13.0. The van der Waals surface area contributed by atoms with Crippen molar-refractivity contribution in [2.45, 2.75) is 59.2 Å². The fourth-order valence-electron chi connectivity index (χ4n) is 3.12. The van der Waals surface area contributed by atoms with Crippen LogP contribution < -0.4 is 0 Å². The van der Waals surface area contributed by atoms with Gasteiger partial charge in [0.1, 0.15) is 0 Å². The molecule has 1 unspecified atom stereocenters. The standard InChI is InChI=1S/C23H38NO7PSi/c1-8-29-32(27,30-9-2)15-14-18(17-31-33(6,7)23(3,4)5)16-28-24-21(25)19-12-10-11-13-20(19)22(24)26/h10-13,18H,8-9,14-17H2,1-7H3. The zero-order chi connectivity index (χ0) is 24.9. The van der Waals surface area contributed by atoms with Crippen LogP contribution in [0.4, 0.5) is 0 Å². The van der Waals surface area contributed by atoms with E-state index in [0.717, 1.165) is 5.06 Å². The molecule has 1 aliphatic rings. The van der Waals surface area contributed by atoms with Gasteiger partial charge in [0.15, 0.2) is 8.32 Å². The number of nitrogens with zero attached hydrogens (tertiary/aromatic N) is 1. The molecule has 0 saturated carbocycles. The van der Waals surface area contributed by atoms with Crippen LogP contribution in [-0.2, 0) is 22.9 Å². The summed E-state index contributed by atoms with van der Waals surface area (Å²) in [5, 5.41) is 0.835. The third kappa shape index (κ3) is 7.07. The zero-order valence-corrected chi connectivity index (χ0v) is 22.8. The van der Waals surface area contributed by atoms with Crippen LogP contribution in [-0.4, -0.2) is 57.8 Å². The SMILES string of the molecule is CCOP(=O)(CCC(CON1C(=O)c2ccccc2C1=O)CO[Si](C)(C)C(C)(C)C)OCC. The van der Waals surface area contributed by atoms with Crippen LogP contribution in [0, 0.1) is 5.92 Å². The number of hydrogen-bond acceptors (Lipinski definition) is 7. The van der Waals surface area contributed by atoms with Crippen LogP contribution in [0.15, 0.2) is 24.3 Å². The quantitative estimate of drug-likeness (QED) is 0.201. The number of fused-ring (bicyclic) bond motifs is 1. The molecule has 0 saturated heterocycles. The second-order valence-corrected chi connectivity index (χ2v) is 16.6. The minimum absolute atomic E-state index is 0.0207. The number of hydroxylamine groups is 2. The first kappa shape index (κ1) is 27.9. The summed E-state index contributed by atoms with van der Waals surface area (Å²) in [7, 11) is -5.29. The van der Waals surface area contributed by atoms with Gasteiger partial charge in [-0.2, -0.15) is 0 Å². The minimum Gasteiger partial charge on any atom is -0.416 e. The van der Waals surface area contributed by atoms with Crippen LogP contribution in [0.2, 0.25) is 18.1 Å². The Balaban J connectivity index is 2.11. The number of rotatable bonds is 13. The summed E-state index contributed by atoms with van der Waals surface area (Å²) in [6.45, 7) is 15.3. The molecule has 2 amide bonds. The molecule has 1 aromatic rings. The van der Waals surface area contributed by atoms with Crippen molar-refractivity contribution in [3.63, 3.8) is 0 Å². The average Bonchev–Trinajstić information content (AvgIpc) is 2.97. The third-order valence-electron chi connectivity index (χ3n) is 6.14. The topological polar surface area (TPSA) is 91.4 Å². The van der Waals surface area contributed by atoms with E-state index in [1.54, 1.807) is 38.1 Å². The molecular formula is C23H38NO7PSi. The van der Waals surface area contributed by atoms with Crippen molar-refractivity contribution in [1.29, 1.82) is 0 Å². The van der Waals surface area contributed by atoms with E-state index in [2.05, 4.69) is 33.9 Å². The molecule has 2 rings (SSSR count). The summed E-state index contributed by atoms with van der Waals surface area (Å²) >= 11 is 0. The number of amides is 2. The van der Waals surface area contributed by atoms with Gasteiger partial charge in [0.2, 0.25) is 0 Å². The van der Waals surface area contributed by atoms with Gasteiger partial charge < -0.3 is 13.5 Å². The molecule has 0 bridgehead atoms. The van der Waals surface area contributed by atoms with Crippen molar-refractivity contribution < 1.29 is 32.5 Å². The van der Waals surface area contributed by atoms with E-state index in [9.17, 15) is 14.2 Å². The third-order valence-corrected chi connectivity index (χ3v) is 12.8. The highest BCUT2D eigenvalue weighted by molar-refractivity contribution is 7.53. The van der Waals surface area contributed by atoms with Gasteiger partial charge >= 0.3 is 7.60 Å². The predicted molar refractivity (Wildman–Crippen MR) is 130 cm³/mol. The summed E-state index contributed by atoms with van der Waals surface area (Å²) in [5.41, 5.74) is 0.655. The first-order valence-corrected chi connectivity index (χ1v) is 16.1.